The van der Waals surface area contributed by atoms with Crippen LogP contribution in [0.15, 0.2) is 48.8 Å². The van der Waals surface area contributed by atoms with E-state index < -0.39 is 0 Å². The number of carbonyl (C=O) groups is 1. The summed E-state index contributed by atoms with van der Waals surface area (Å²) in [5, 5.41) is 13.4. The Bertz CT molecular complexity index is 1540. The zero-order valence-corrected chi connectivity index (χ0v) is 20.6. The molecular weight excluding hydrogens is 440 g/mol. The minimum absolute atomic E-state index is 0.118. The summed E-state index contributed by atoms with van der Waals surface area (Å²) >= 11 is 0. The molecule has 0 aliphatic heterocycles. The smallest absolute Gasteiger partial charge is 0.252 e. The van der Waals surface area contributed by atoms with Gasteiger partial charge in [0.25, 0.3) is 5.95 Å². The van der Waals surface area contributed by atoms with Gasteiger partial charge in [-0.15, -0.1) is 0 Å². The number of hydrogen-bond donors (Lipinski definition) is 1. The number of hydrogen-bond acceptors (Lipinski definition) is 6. The molecule has 1 N–H and O–H groups in total. The van der Waals surface area contributed by atoms with Gasteiger partial charge in [-0.1, -0.05) is 32.9 Å². The van der Waals surface area contributed by atoms with E-state index >= 15 is 0 Å². The number of rotatable bonds is 5. The van der Waals surface area contributed by atoms with Crippen molar-refractivity contribution in [3.8, 4) is 5.95 Å². The van der Waals surface area contributed by atoms with Crippen molar-refractivity contribution in [2.24, 2.45) is 0 Å². The molecule has 9 heteroatoms. The molecule has 1 amide bonds. The van der Waals surface area contributed by atoms with Gasteiger partial charge in [0.05, 0.1) is 11.2 Å². The highest BCUT2D eigenvalue weighted by Gasteiger charge is 2.22. The predicted octanol–water partition coefficient (Wildman–Crippen LogP) is 4.34. The van der Waals surface area contributed by atoms with Gasteiger partial charge in [0.15, 0.2) is 5.65 Å². The Labute approximate surface area is 203 Å². The summed E-state index contributed by atoms with van der Waals surface area (Å²) < 4.78 is 3.46. The quantitative estimate of drug-likeness (QED) is 0.411. The third-order valence-electron chi connectivity index (χ3n) is 6.11. The topological polar surface area (TPSA) is 103 Å². The van der Waals surface area contributed by atoms with Crippen LogP contribution < -0.4 is 5.32 Å². The SMILES string of the molecule is Cc1nc2c3ccccc3nn2c(C)c1CCC(=O)Nc1cc(C(C)(C)C)nn1-c1ncccn1. The van der Waals surface area contributed by atoms with Crippen LogP contribution in [0.1, 0.15) is 49.8 Å². The van der Waals surface area contributed by atoms with Gasteiger partial charge in [0, 0.05) is 47.1 Å². The monoisotopic (exact) mass is 468 g/mol. The van der Waals surface area contributed by atoms with Crippen LogP contribution in [0.5, 0.6) is 0 Å². The number of nitrogens with one attached hydrogen (secondary N) is 1. The molecule has 5 rings (SSSR count). The predicted molar refractivity (Wildman–Crippen MR) is 135 cm³/mol. The van der Waals surface area contributed by atoms with Crippen LogP contribution in [0.25, 0.3) is 22.5 Å². The molecule has 5 aromatic rings. The van der Waals surface area contributed by atoms with Crippen LogP contribution in [-0.4, -0.2) is 40.3 Å². The number of aryl methyl sites for hydroxylation is 2. The fourth-order valence-electron chi connectivity index (χ4n) is 4.17. The van der Waals surface area contributed by atoms with E-state index in [9.17, 15) is 4.79 Å². The van der Waals surface area contributed by atoms with Crippen molar-refractivity contribution in [3.63, 3.8) is 0 Å². The van der Waals surface area contributed by atoms with Crippen molar-refractivity contribution in [2.45, 2.75) is 52.9 Å². The van der Waals surface area contributed by atoms with Gasteiger partial charge in [-0.2, -0.15) is 14.9 Å². The van der Waals surface area contributed by atoms with Crippen molar-refractivity contribution in [1.82, 2.24) is 34.3 Å². The molecule has 1 aromatic carbocycles. The number of aromatic nitrogens is 7. The molecule has 35 heavy (non-hydrogen) atoms. The fraction of sp³-hybridized carbons (Fsp3) is 0.308. The normalized spacial score (nSPS) is 11.9. The van der Waals surface area contributed by atoms with Gasteiger partial charge in [0.1, 0.15) is 5.82 Å². The maximum Gasteiger partial charge on any atom is 0.252 e. The summed E-state index contributed by atoms with van der Waals surface area (Å²) in [6, 6.07) is 11.6. The Kier molecular flexibility index (Phi) is 5.55. The zero-order chi connectivity index (χ0) is 24.7. The van der Waals surface area contributed by atoms with Crippen LogP contribution in [0, 0.1) is 13.8 Å². The van der Waals surface area contributed by atoms with E-state index in [4.69, 9.17) is 10.1 Å². The molecule has 9 nitrogen and oxygen atoms in total. The van der Waals surface area contributed by atoms with E-state index in [1.54, 1.807) is 23.1 Å². The molecule has 0 saturated heterocycles. The maximum atomic E-state index is 13.0. The van der Waals surface area contributed by atoms with Gasteiger partial charge in [-0.05, 0) is 44.0 Å². The van der Waals surface area contributed by atoms with Crippen molar-refractivity contribution >= 4 is 28.3 Å². The molecular formula is C26H28N8O. The Morgan fingerprint density at radius 2 is 1.77 bits per heavy atom. The molecule has 0 fully saturated rings. The summed E-state index contributed by atoms with van der Waals surface area (Å²) in [4.78, 5) is 26.4. The highest BCUT2D eigenvalue weighted by molar-refractivity contribution is 5.92. The van der Waals surface area contributed by atoms with Crippen LogP contribution in [0.2, 0.25) is 0 Å². The van der Waals surface area contributed by atoms with E-state index in [0.717, 1.165) is 39.2 Å². The third-order valence-corrected chi connectivity index (χ3v) is 6.11. The molecule has 0 atom stereocenters. The number of fused-ring (bicyclic) bond motifs is 3. The Hall–Kier alpha value is -4.14. The molecule has 0 aliphatic rings. The number of amides is 1. The second kappa shape index (κ2) is 8.57. The number of benzene rings is 1. The van der Waals surface area contributed by atoms with Gasteiger partial charge in [-0.25, -0.2) is 19.5 Å². The van der Waals surface area contributed by atoms with E-state index in [1.807, 2.05) is 48.7 Å². The van der Waals surface area contributed by atoms with Crippen LogP contribution in [0.4, 0.5) is 5.82 Å². The fourth-order valence-corrected chi connectivity index (χ4v) is 4.17. The van der Waals surface area contributed by atoms with Gasteiger partial charge < -0.3 is 5.32 Å². The van der Waals surface area contributed by atoms with Gasteiger partial charge >= 0.3 is 0 Å². The summed E-state index contributed by atoms with van der Waals surface area (Å²) in [5.41, 5.74) is 5.32. The average Bonchev–Trinajstić information content (AvgIpc) is 3.42. The van der Waals surface area contributed by atoms with E-state index in [1.165, 1.54) is 0 Å². The lowest BCUT2D eigenvalue weighted by Gasteiger charge is -2.13. The zero-order valence-electron chi connectivity index (χ0n) is 20.6. The van der Waals surface area contributed by atoms with Crippen molar-refractivity contribution < 1.29 is 4.79 Å². The van der Waals surface area contributed by atoms with Crippen LogP contribution in [-0.2, 0) is 16.6 Å². The first kappa shape index (κ1) is 22.6. The lowest BCUT2D eigenvalue weighted by molar-refractivity contribution is -0.116. The van der Waals surface area contributed by atoms with E-state index in [2.05, 4.69) is 41.2 Å². The minimum atomic E-state index is -0.192. The molecule has 4 aromatic heterocycles. The highest BCUT2D eigenvalue weighted by Crippen LogP contribution is 2.26. The number of nitrogens with zero attached hydrogens (tertiary/aromatic N) is 7. The summed E-state index contributed by atoms with van der Waals surface area (Å²) in [6.07, 6.45) is 4.14. The molecule has 0 bridgehead atoms. The first-order chi connectivity index (χ1) is 16.7. The maximum absolute atomic E-state index is 13.0. The van der Waals surface area contributed by atoms with Crippen molar-refractivity contribution in [3.05, 3.63) is 71.4 Å². The Balaban J connectivity index is 1.40. The molecule has 4 heterocycles. The largest absolute Gasteiger partial charge is 0.310 e. The molecule has 0 aliphatic carbocycles. The Morgan fingerprint density at radius 1 is 1.03 bits per heavy atom. The second-order valence-corrected chi connectivity index (χ2v) is 9.69. The summed E-state index contributed by atoms with van der Waals surface area (Å²) in [7, 11) is 0. The summed E-state index contributed by atoms with van der Waals surface area (Å²) in [6.45, 7) is 10.2. The summed E-state index contributed by atoms with van der Waals surface area (Å²) in [5.74, 6) is 0.837. The number of carbonyl (C=O) groups excluding carboxylic acids is 1. The average molecular weight is 469 g/mol. The van der Waals surface area contributed by atoms with Crippen LogP contribution >= 0.6 is 0 Å². The van der Waals surface area contributed by atoms with Gasteiger partial charge in [-0.3, -0.25) is 4.79 Å². The van der Waals surface area contributed by atoms with E-state index in [0.29, 0.717) is 24.6 Å². The molecule has 0 radical (unpaired) electrons. The van der Waals surface area contributed by atoms with Crippen LogP contribution in [0.3, 0.4) is 0 Å². The van der Waals surface area contributed by atoms with Crippen molar-refractivity contribution in [2.75, 3.05) is 5.32 Å². The second-order valence-electron chi connectivity index (χ2n) is 9.69. The first-order valence-electron chi connectivity index (χ1n) is 11.6. The molecule has 0 saturated carbocycles. The first-order valence-corrected chi connectivity index (χ1v) is 11.6. The van der Waals surface area contributed by atoms with Crippen molar-refractivity contribution in [1.29, 1.82) is 0 Å². The molecule has 178 valence electrons. The molecule has 0 unspecified atom stereocenters. The lowest BCUT2D eigenvalue weighted by atomic mass is 9.92. The van der Waals surface area contributed by atoms with E-state index in [-0.39, 0.29) is 11.3 Å². The standard InChI is InChI=1S/C26H28N8O/c1-16-18(17(2)33-24(29-16)19-9-6-7-10-20(19)31-33)11-12-23(35)30-22-15-21(26(3,4)5)32-34(22)25-27-13-8-14-28-25/h6-10,13-15H,11-12H2,1-5H3,(H,30,35). The van der Waals surface area contributed by atoms with Gasteiger partial charge in [0.2, 0.25) is 5.91 Å². The number of anilines is 1. The molecule has 0 spiro atoms. The highest BCUT2D eigenvalue weighted by atomic mass is 16.1. The Morgan fingerprint density at radius 3 is 2.51 bits per heavy atom. The third kappa shape index (κ3) is 4.25. The lowest BCUT2D eigenvalue weighted by Crippen LogP contribution is -2.17. The minimum Gasteiger partial charge on any atom is -0.310 e.